The van der Waals surface area contributed by atoms with Crippen LogP contribution in [0.5, 0.6) is 0 Å². The number of aromatic nitrogens is 1. The number of nitrogens with zero attached hydrogens (tertiary/aromatic N) is 2. The van der Waals surface area contributed by atoms with E-state index in [4.69, 9.17) is 17.3 Å². The summed E-state index contributed by atoms with van der Waals surface area (Å²) in [4.78, 5) is 0. The van der Waals surface area contributed by atoms with E-state index in [-0.39, 0.29) is 0 Å². The van der Waals surface area contributed by atoms with Crippen molar-refractivity contribution >= 4 is 17.3 Å². The van der Waals surface area contributed by atoms with E-state index in [2.05, 4.69) is 12.6 Å². The summed E-state index contributed by atoms with van der Waals surface area (Å²) in [6.45, 7) is 3.72. The molecule has 0 aliphatic heterocycles. The molecule has 2 aromatic carbocycles. The van der Waals surface area contributed by atoms with E-state index in [9.17, 15) is 5.26 Å². The Bertz CT molecular complexity index is 915. The van der Waals surface area contributed by atoms with Crippen molar-refractivity contribution in [2.45, 2.75) is 0 Å². The van der Waals surface area contributed by atoms with Crippen molar-refractivity contribution in [2.24, 2.45) is 5.73 Å². The zero-order chi connectivity index (χ0) is 16.4. The van der Waals surface area contributed by atoms with E-state index >= 15 is 0 Å². The molecule has 0 aliphatic carbocycles. The lowest BCUT2D eigenvalue weighted by molar-refractivity contribution is 1.08. The van der Waals surface area contributed by atoms with Gasteiger partial charge in [-0.3, -0.25) is 0 Å². The van der Waals surface area contributed by atoms with Gasteiger partial charge in [-0.05, 0) is 23.8 Å². The van der Waals surface area contributed by atoms with Crippen LogP contribution in [0.4, 0.5) is 0 Å². The average Bonchev–Trinajstić information content (AvgIpc) is 2.99. The molecule has 0 bridgehead atoms. The summed E-state index contributed by atoms with van der Waals surface area (Å²) in [5, 5.41) is 10.0. The van der Waals surface area contributed by atoms with Gasteiger partial charge in [0.1, 0.15) is 6.07 Å². The van der Waals surface area contributed by atoms with E-state index in [1.807, 2.05) is 59.3 Å². The molecule has 1 aromatic heterocycles. The van der Waals surface area contributed by atoms with E-state index < -0.39 is 0 Å². The summed E-state index contributed by atoms with van der Waals surface area (Å²) < 4.78 is 1.90. The number of hydrogen-bond donors (Lipinski definition) is 1. The molecule has 23 heavy (non-hydrogen) atoms. The smallest absolute Gasteiger partial charge is 0.101 e. The van der Waals surface area contributed by atoms with Crippen LogP contribution in [-0.4, -0.2) is 4.57 Å². The summed E-state index contributed by atoms with van der Waals surface area (Å²) in [5.41, 5.74) is 10.3. The Morgan fingerprint density at radius 1 is 1.04 bits per heavy atom. The molecule has 0 amide bonds. The van der Waals surface area contributed by atoms with Crippen LogP contribution in [0.3, 0.4) is 0 Å². The van der Waals surface area contributed by atoms with Gasteiger partial charge in [-0.2, -0.15) is 5.26 Å². The minimum Gasteiger partial charge on any atom is -0.399 e. The quantitative estimate of drug-likeness (QED) is 0.767. The van der Waals surface area contributed by atoms with Crippen molar-refractivity contribution in [1.29, 1.82) is 5.26 Å². The van der Waals surface area contributed by atoms with Gasteiger partial charge in [0.2, 0.25) is 0 Å². The van der Waals surface area contributed by atoms with Crippen LogP contribution >= 0.6 is 11.6 Å². The summed E-state index contributed by atoms with van der Waals surface area (Å²) >= 11 is 6.26. The first-order valence-corrected chi connectivity index (χ1v) is 7.40. The standard InChI is InChI=1S/C19H14ClN3/c1-13(22)14-6-8-16(9-7-14)23-11-15(10-21)18(12-23)17-4-2-3-5-19(17)20/h2-9,11-12H,1,22H2. The molecule has 0 saturated carbocycles. The maximum absolute atomic E-state index is 9.41. The van der Waals surface area contributed by atoms with Gasteiger partial charge in [0, 0.05) is 39.9 Å². The zero-order valence-corrected chi connectivity index (χ0v) is 13.1. The largest absolute Gasteiger partial charge is 0.399 e. The number of rotatable bonds is 3. The third kappa shape index (κ3) is 2.85. The Labute approximate surface area is 139 Å². The molecule has 0 fully saturated rings. The highest BCUT2D eigenvalue weighted by Crippen LogP contribution is 2.31. The molecule has 0 spiro atoms. The number of nitriles is 1. The SMILES string of the molecule is C=C(N)c1ccc(-n2cc(C#N)c(-c3ccccc3Cl)c2)cc1. The maximum atomic E-state index is 9.41. The summed E-state index contributed by atoms with van der Waals surface area (Å²) in [5.74, 6) is 0. The van der Waals surface area contributed by atoms with Crippen molar-refractivity contribution in [2.75, 3.05) is 0 Å². The van der Waals surface area contributed by atoms with E-state index in [1.54, 1.807) is 6.20 Å². The lowest BCUT2D eigenvalue weighted by atomic mass is 10.1. The van der Waals surface area contributed by atoms with Crippen molar-refractivity contribution in [3.63, 3.8) is 0 Å². The molecule has 3 aromatic rings. The Morgan fingerprint density at radius 3 is 2.35 bits per heavy atom. The molecular formula is C19H14ClN3. The molecule has 3 rings (SSSR count). The molecule has 1 heterocycles. The third-order valence-corrected chi connectivity index (χ3v) is 3.98. The van der Waals surface area contributed by atoms with Crippen LogP contribution in [0.15, 0.2) is 67.5 Å². The van der Waals surface area contributed by atoms with Gasteiger partial charge >= 0.3 is 0 Å². The van der Waals surface area contributed by atoms with Gasteiger partial charge in [-0.25, -0.2) is 0 Å². The number of nitrogens with two attached hydrogens (primary N) is 1. The monoisotopic (exact) mass is 319 g/mol. The van der Waals surface area contributed by atoms with Crippen LogP contribution in [0.25, 0.3) is 22.5 Å². The molecule has 0 radical (unpaired) electrons. The Morgan fingerprint density at radius 2 is 1.74 bits per heavy atom. The van der Waals surface area contributed by atoms with Crippen LogP contribution in [0.2, 0.25) is 5.02 Å². The van der Waals surface area contributed by atoms with Crippen LogP contribution in [0, 0.1) is 11.3 Å². The van der Waals surface area contributed by atoms with Crippen molar-refractivity contribution in [1.82, 2.24) is 4.57 Å². The molecule has 112 valence electrons. The molecule has 3 nitrogen and oxygen atoms in total. The van der Waals surface area contributed by atoms with Crippen molar-refractivity contribution in [3.05, 3.63) is 83.7 Å². The fraction of sp³-hybridized carbons (Fsp3) is 0. The second kappa shape index (κ2) is 6.04. The van der Waals surface area contributed by atoms with Gasteiger partial charge in [0.05, 0.1) is 5.56 Å². The van der Waals surface area contributed by atoms with Gasteiger partial charge in [-0.1, -0.05) is 48.5 Å². The lowest BCUT2D eigenvalue weighted by Crippen LogP contribution is -1.95. The van der Waals surface area contributed by atoms with Gasteiger partial charge in [0.15, 0.2) is 0 Å². The van der Waals surface area contributed by atoms with Crippen molar-refractivity contribution in [3.8, 4) is 22.9 Å². The normalized spacial score (nSPS) is 10.3. The molecule has 0 unspecified atom stereocenters. The van der Waals surface area contributed by atoms with Crippen LogP contribution < -0.4 is 5.73 Å². The highest BCUT2D eigenvalue weighted by atomic mass is 35.5. The highest BCUT2D eigenvalue weighted by molar-refractivity contribution is 6.33. The fourth-order valence-electron chi connectivity index (χ4n) is 2.43. The second-order valence-corrected chi connectivity index (χ2v) is 5.56. The Balaban J connectivity index is 2.08. The second-order valence-electron chi connectivity index (χ2n) is 5.16. The Kier molecular flexibility index (Phi) is 3.92. The highest BCUT2D eigenvalue weighted by Gasteiger charge is 2.12. The maximum Gasteiger partial charge on any atom is 0.101 e. The van der Waals surface area contributed by atoms with Gasteiger partial charge in [0.25, 0.3) is 0 Å². The minimum atomic E-state index is 0.526. The lowest BCUT2D eigenvalue weighted by Gasteiger charge is -2.05. The van der Waals surface area contributed by atoms with Crippen LogP contribution in [-0.2, 0) is 0 Å². The third-order valence-electron chi connectivity index (χ3n) is 3.65. The summed E-state index contributed by atoms with van der Waals surface area (Å²) in [6.07, 6.45) is 3.71. The van der Waals surface area contributed by atoms with Crippen LogP contribution in [0.1, 0.15) is 11.1 Å². The molecule has 0 aliphatic rings. The number of hydrogen-bond acceptors (Lipinski definition) is 2. The number of benzene rings is 2. The molecule has 4 heteroatoms. The van der Waals surface area contributed by atoms with E-state index in [1.165, 1.54) is 0 Å². The molecule has 2 N–H and O–H groups in total. The summed E-state index contributed by atoms with van der Waals surface area (Å²) in [6, 6.07) is 17.4. The Hall–Kier alpha value is -2.96. The predicted molar refractivity (Wildman–Crippen MR) is 94.2 cm³/mol. The van der Waals surface area contributed by atoms with Gasteiger partial charge < -0.3 is 10.3 Å². The minimum absolute atomic E-state index is 0.526. The zero-order valence-electron chi connectivity index (χ0n) is 12.3. The topological polar surface area (TPSA) is 54.7 Å². The fourth-order valence-corrected chi connectivity index (χ4v) is 2.67. The van der Waals surface area contributed by atoms with E-state index in [0.717, 1.165) is 22.4 Å². The van der Waals surface area contributed by atoms with Crippen molar-refractivity contribution < 1.29 is 0 Å². The predicted octanol–water partition coefficient (Wildman–Crippen LogP) is 4.60. The first-order valence-electron chi connectivity index (χ1n) is 7.02. The van der Waals surface area contributed by atoms with Gasteiger partial charge in [-0.15, -0.1) is 0 Å². The molecular weight excluding hydrogens is 306 g/mol. The van der Waals surface area contributed by atoms with E-state index in [0.29, 0.717) is 16.3 Å². The first-order chi connectivity index (χ1) is 11.1. The number of halogens is 1. The molecule has 0 saturated heterocycles. The molecule has 0 atom stereocenters. The first kappa shape index (κ1) is 15.0. The average molecular weight is 320 g/mol. The summed E-state index contributed by atoms with van der Waals surface area (Å²) in [7, 11) is 0.